The second-order valence-corrected chi connectivity index (χ2v) is 6.09. The average Bonchev–Trinajstić information content (AvgIpc) is 2.31. The van der Waals surface area contributed by atoms with E-state index in [9.17, 15) is 0 Å². The fourth-order valence-electron chi connectivity index (χ4n) is 2.31. The first kappa shape index (κ1) is 13.3. The van der Waals surface area contributed by atoms with Gasteiger partial charge in [0.05, 0.1) is 6.61 Å². The van der Waals surface area contributed by atoms with Gasteiger partial charge in [0.1, 0.15) is 0 Å². The molecule has 0 radical (unpaired) electrons. The second-order valence-electron chi connectivity index (χ2n) is 4.62. The van der Waals surface area contributed by atoms with Gasteiger partial charge in [0, 0.05) is 17.0 Å². The van der Waals surface area contributed by atoms with Crippen molar-refractivity contribution in [1.82, 2.24) is 5.32 Å². The number of hydrogen-bond acceptors (Lipinski definition) is 3. The predicted octanol–water partition coefficient (Wildman–Crippen LogP) is 2.27. The maximum Gasteiger partial charge on any atom is 0.0547 e. The van der Waals surface area contributed by atoms with Gasteiger partial charge < -0.3 is 10.4 Å². The van der Waals surface area contributed by atoms with Gasteiger partial charge in [-0.15, -0.1) is 0 Å². The van der Waals surface area contributed by atoms with Gasteiger partial charge in [-0.05, 0) is 25.8 Å². The van der Waals surface area contributed by atoms with Gasteiger partial charge >= 0.3 is 0 Å². The smallest absolute Gasteiger partial charge is 0.0547 e. The van der Waals surface area contributed by atoms with E-state index in [0.717, 1.165) is 11.7 Å². The van der Waals surface area contributed by atoms with E-state index in [4.69, 9.17) is 5.11 Å². The largest absolute Gasteiger partial charge is 0.395 e. The molecule has 1 saturated carbocycles. The van der Waals surface area contributed by atoms with Crippen LogP contribution in [-0.4, -0.2) is 35.8 Å². The van der Waals surface area contributed by atoms with E-state index < -0.39 is 0 Å². The molecule has 0 bridgehead atoms. The Balaban J connectivity index is 2.27. The molecule has 1 aliphatic carbocycles. The molecule has 0 aromatic rings. The summed E-state index contributed by atoms with van der Waals surface area (Å²) in [5.41, 5.74) is 0. The molecule has 15 heavy (non-hydrogen) atoms. The molecule has 90 valence electrons. The summed E-state index contributed by atoms with van der Waals surface area (Å²) in [6.07, 6.45) is 7.01. The Morgan fingerprint density at radius 1 is 1.33 bits per heavy atom. The van der Waals surface area contributed by atoms with Gasteiger partial charge in [0.2, 0.25) is 0 Å². The van der Waals surface area contributed by atoms with Gasteiger partial charge in [-0.2, -0.15) is 11.8 Å². The third-order valence-corrected chi connectivity index (χ3v) is 4.68. The highest BCUT2D eigenvalue weighted by Crippen LogP contribution is 2.28. The molecular weight excluding hydrogens is 206 g/mol. The molecule has 0 aromatic heterocycles. The quantitative estimate of drug-likeness (QED) is 0.735. The minimum atomic E-state index is 0.297. The van der Waals surface area contributed by atoms with Crippen LogP contribution in [-0.2, 0) is 0 Å². The second kappa shape index (κ2) is 7.53. The Kier molecular flexibility index (Phi) is 6.69. The van der Waals surface area contributed by atoms with Crippen molar-refractivity contribution in [3.05, 3.63) is 0 Å². The van der Waals surface area contributed by atoms with E-state index in [1.165, 1.54) is 32.1 Å². The van der Waals surface area contributed by atoms with Gasteiger partial charge in [0.15, 0.2) is 0 Å². The van der Waals surface area contributed by atoms with Gasteiger partial charge in [-0.3, -0.25) is 0 Å². The van der Waals surface area contributed by atoms with E-state index in [1.807, 2.05) is 11.8 Å². The minimum Gasteiger partial charge on any atom is -0.395 e. The Labute approximate surface area is 98.2 Å². The number of rotatable bonds is 6. The highest BCUT2D eigenvalue weighted by Gasteiger charge is 2.22. The molecule has 2 atom stereocenters. The molecule has 1 fully saturated rings. The SMILES string of the molecule is CNC(CSC(C)CO)C1CCCCC1. The van der Waals surface area contributed by atoms with Crippen LogP contribution in [0.2, 0.25) is 0 Å². The highest BCUT2D eigenvalue weighted by molar-refractivity contribution is 7.99. The average molecular weight is 231 g/mol. The monoisotopic (exact) mass is 231 g/mol. The third-order valence-electron chi connectivity index (χ3n) is 3.41. The zero-order valence-corrected chi connectivity index (χ0v) is 10.9. The van der Waals surface area contributed by atoms with E-state index >= 15 is 0 Å². The number of hydrogen-bond donors (Lipinski definition) is 2. The molecule has 2 N–H and O–H groups in total. The summed E-state index contributed by atoms with van der Waals surface area (Å²) in [5, 5.41) is 12.8. The molecule has 1 aliphatic rings. The van der Waals surface area contributed by atoms with Crippen LogP contribution in [0.25, 0.3) is 0 Å². The summed E-state index contributed by atoms with van der Waals surface area (Å²) in [6, 6.07) is 0.643. The minimum absolute atomic E-state index is 0.297. The van der Waals surface area contributed by atoms with Crippen molar-refractivity contribution in [2.45, 2.75) is 50.3 Å². The lowest BCUT2D eigenvalue weighted by atomic mass is 9.84. The lowest BCUT2D eigenvalue weighted by Gasteiger charge is -2.30. The molecule has 3 heteroatoms. The fourth-order valence-corrected chi connectivity index (χ4v) is 3.39. The Morgan fingerprint density at radius 3 is 2.53 bits per heavy atom. The van der Waals surface area contributed by atoms with E-state index in [0.29, 0.717) is 17.9 Å². The van der Waals surface area contributed by atoms with Gasteiger partial charge in [-0.1, -0.05) is 26.2 Å². The van der Waals surface area contributed by atoms with Crippen LogP contribution in [0.5, 0.6) is 0 Å². The van der Waals surface area contributed by atoms with Crippen molar-refractivity contribution in [3.8, 4) is 0 Å². The van der Waals surface area contributed by atoms with Crippen molar-refractivity contribution in [2.24, 2.45) is 5.92 Å². The van der Waals surface area contributed by atoms with Crippen LogP contribution >= 0.6 is 11.8 Å². The predicted molar refractivity (Wildman–Crippen MR) is 68.4 cm³/mol. The van der Waals surface area contributed by atoms with Crippen molar-refractivity contribution in [2.75, 3.05) is 19.4 Å². The lowest BCUT2D eigenvalue weighted by Crippen LogP contribution is -2.37. The molecule has 0 spiro atoms. The number of aliphatic hydroxyl groups is 1. The maximum absolute atomic E-state index is 8.99. The molecule has 1 rings (SSSR count). The molecular formula is C12H25NOS. The van der Waals surface area contributed by atoms with Crippen LogP contribution in [0.3, 0.4) is 0 Å². The molecule has 0 amide bonds. The summed E-state index contributed by atoms with van der Waals surface area (Å²) < 4.78 is 0. The zero-order chi connectivity index (χ0) is 11.1. The Hall–Kier alpha value is 0.270. The summed E-state index contributed by atoms with van der Waals surface area (Å²) in [6.45, 7) is 2.39. The van der Waals surface area contributed by atoms with Gasteiger partial charge in [0.25, 0.3) is 0 Å². The summed E-state index contributed by atoms with van der Waals surface area (Å²) >= 11 is 1.89. The van der Waals surface area contributed by atoms with Crippen molar-refractivity contribution < 1.29 is 5.11 Å². The molecule has 2 nitrogen and oxygen atoms in total. The molecule has 0 heterocycles. The first-order valence-corrected chi connectivity index (χ1v) is 7.22. The molecule has 2 unspecified atom stereocenters. The normalized spacial score (nSPS) is 22.6. The van der Waals surface area contributed by atoms with Crippen molar-refractivity contribution >= 4 is 11.8 Å². The van der Waals surface area contributed by atoms with E-state index in [1.54, 1.807) is 0 Å². The Bertz CT molecular complexity index is 160. The van der Waals surface area contributed by atoms with Crippen LogP contribution < -0.4 is 5.32 Å². The number of aliphatic hydroxyl groups excluding tert-OH is 1. The van der Waals surface area contributed by atoms with E-state index in [2.05, 4.69) is 19.3 Å². The third kappa shape index (κ3) is 4.75. The van der Waals surface area contributed by atoms with Crippen LogP contribution in [0.4, 0.5) is 0 Å². The van der Waals surface area contributed by atoms with Crippen LogP contribution in [0.15, 0.2) is 0 Å². The van der Waals surface area contributed by atoms with Crippen molar-refractivity contribution in [3.63, 3.8) is 0 Å². The fraction of sp³-hybridized carbons (Fsp3) is 1.00. The standard InChI is InChI=1S/C12H25NOS/c1-10(8-14)15-9-12(13-2)11-6-4-3-5-7-11/h10-14H,3-9H2,1-2H3. The Morgan fingerprint density at radius 2 is 2.00 bits per heavy atom. The van der Waals surface area contributed by atoms with E-state index in [-0.39, 0.29) is 0 Å². The molecule has 0 aromatic carbocycles. The highest BCUT2D eigenvalue weighted by atomic mass is 32.2. The lowest BCUT2D eigenvalue weighted by molar-refractivity contribution is 0.291. The zero-order valence-electron chi connectivity index (χ0n) is 10.0. The topological polar surface area (TPSA) is 32.3 Å². The van der Waals surface area contributed by atoms with Crippen molar-refractivity contribution in [1.29, 1.82) is 0 Å². The molecule has 0 saturated heterocycles. The number of thioether (sulfide) groups is 1. The van der Waals surface area contributed by atoms with Gasteiger partial charge in [-0.25, -0.2) is 0 Å². The first-order chi connectivity index (χ1) is 7.27. The van der Waals surface area contributed by atoms with Crippen LogP contribution in [0.1, 0.15) is 39.0 Å². The van der Waals surface area contributed by atoms with Crippen LogP contribution in [0, 0.1) is 5.92 Å². The summed E-state index contributed by atoms with van der Waals surface area (Å²) in [4.78, 5) is 0. The first-order valence-electron chi connectivity index (χ1n) is 6.17. The summed E-state index contributed by atoms with van der Waals surface area (Å²) in [7, 11) is 2.07. The summed E-state index contributed by atoms with van der Waals surface area (Å²) in [5.74, 6) is 2.00. The maximum atomic E-state index is 8.99. The number of nitrogens with one attached hydrogen (secondary N) is 1. The molecule has 0 aliphatic heterocycles.